The molecular weight excluding hydrogens is 274 g/mol. The van der Waals surface area contributed by atoms with E-state index in [1.807, 2.05) is 29.8 Å². The molecule has 1 aromatic heterocycles. The van der Waals surface area contributed by atoms with E-state index in [1.165, 1.54) is 12.0 Å². The van der Waals surface area contributed by atoms with Crippen LogP contribution in [0.25, 0.3) is 10.9 Å². The van der Waals surface area contributed by atoms with E-state index in [4.69, 9.17) is 4.74 Å². The van der Waals surface area contributed by atoms with Crippen molar-refractivity contribution in [2.75, 3.05) is 18.6 Å². The van der Waals surface area contributed by atoms with Crippen LogP contribution in [0.5, 0.6) is 0 Å². The van der Waals surface area contributed by atoms with E-state index in [0.717, 1.165) is 17.4 Å². The normalized spacial score (nSPS) is 18.1. The van der Waals surface area contributed by atoms with Gasteiger partial charge < -0.3 is 9.47 Å². The van der Waals surface area contributed by atoms with E-state index in [0.29, 0.717) is 5.69 Å². The number of benzene rings is 1. The molecule has 1 aromatic carbocycles. The maximum absolute atomic E-state index is 11.9. The first kappa shape index (κ1) is 13.4. The third kappa shape index (κ3) is 2.20. The third-order valence-electron chi connectivity index (χ3n) is 3.51. The number of ether oxygens (including phenoxy) is 2. The monoisotopic (exact) mass is 289 g/mol. The number of methoxy groups -OCH3 is 1. The zero-order chi connectivity index (χ0) is 15.0. The summed E-state index contributed by atoms with van der Waals surface area (Å²) in [4.78, 5) is 24.8. The third-order valence-corrected chi connectivity index (χ3v) is 3.51. The van der Waals surface area contributed by atoms with E-state index >= 15 is 0 Å². The molecule has 3 rings (SSSR count). The SMILES string of the molecule is CCn1ncc2cc(N3C[C@H](C(=O)OC)OC3=O)ccc21. The Morgan fingerprint density at radius 2 is 2.33 bits per heavy atom. The number of anilines is 1. The van der Waals surface area contributed by atoms with Gasteiger partial charge in [-0.15, -0.1) is 0 Å². The predicted molar refractivity (Wildman–Crippen MR) is 75.0 cm³/mol. The fraction of sp³-hybridized carbons (Fsp3) is 0.357. The Balaban J connectivity index is 1.90. The molecule has 1 aliphatic rings. The lowest BCUT2D eigenvalue weighted by molar-refractivity contribution is -0.148. The van der Waals surface area contributed by atoms with Gasteiger partial charge in [-0.25, -0.2) is 9.59 Å². The molecule has 0 bridgehead atoms. The lowest BCUT2D eigenvalue weighted by atomic mass is 10.2. The summed E-state index contributed by atoms with van der Waals surface area (Å²) in [6.45, 7) is 2.94. The number of aromatic nitrogens is 2. The van der Waals surface area contributed by atoms with Crippen molar-refractivity contribution in [1.29, 1.82) is 0 Å². The molecule has 1 atom stereocenters. The highest BCUT2D eigenvalue weighted by atomic mass is 16.6. The molecule has 1 fully saturated rings. The van der Waals surface area contributed by atoms with E-state index in [1.54, 1.807) is 6.20 Å². The Morgan fingerprint density at radius 3 is 3.05 bits per heavy atom. The summed E-state index contributed by atoms with van der Waals surface area (Å²) >= 11 is 0. The molecule has 7 nitrogen and oxygen atoms in total. The topological polar surface area (TPSA) is 73.7 Å². The fourth-order valence-corrected chi connectivity index (χ4v) is 2.42. The van der Waals surface area contributed by atoms with Gasteiger partial charge in [-0.1, -0.05) is 0 Å². The van der Waals surface area contributed by atoms with Crippen molar-refractivity contribution in [3.05, 3.63) is 24.4 Å². The number of cyclic esters (lactones) is 1. The van der Waals surface area contributed by atoms with Crippen molar-refractivity contribution in [3.8, 4) is 0 Å². The van der Waals surface area contributed by atoms with Crippen molar-refractivity contribution < 1.29 is 19.1 Å². The van der Waals surface area contributed by atoms with Crippen molar-refractivity contribution >= 4 is 28.7 Å². The van der Waals surface area contributed by atoms with Gasteiger partial charge in [0.2, 0.25) is 6.10 Å². The summed E-state index contributed by atoms with van der Waals surface area (Å²) in [5, 5.41) is 5.20. The van der Waals surface area contributed by atoms with E-state index in [-0.39, 0.29) is 6.54 Å². The van der Waals surface area contributed by atoms with Crippen LogP contribution < -0.4 is 4.90 Å². The van der Waals surface area contributed by atoms with Crippen LogP contribution in [-0.4, -0.2) is 41.6 Å². The molecule has 1 aliphatic heterocycles. The number of aryl methyl sites for hydroxylation is 1. The number of nitrogens with zero attached hydrogens (tertiary/aromatic N) is 3. The van der Waals surface area contributed by atoms with Crippen LogP contribution in [0.15, 0.2) is 24.4 Å². The molecule has 21 heavy (non-hydrogen) atoms. The van der Waals surface area contributed by atoms with Crippen LogP contribution in [0.2, 0.25) is 0 Å². The molecule has 0 aliphatic carbocycles. The van der Waals surface area contributed by atoms with Gasteiger partial charge in [0.1, 0.15) is 0 Å². The molecule has 110 valence electrons. The Bertz CT molecular complexity index is 709. The van der Waals surface area contributed by atoms with Gasteiger partial charge in [0.25, 0.3) is 0 Å². The average Bonchev–Trinajstić information content (AvgIpc) is 3.08. The highest BCUT2D eigenvalue weighted by Crippen LogP contribution is 2.26. The predicted octanol–water partition coefficient (Wildman–Crippen LogP) is 1.55. The highest BCUT2D eigenvalue weighted by Gasteiger charge is 2.37. The number of esters is 1. The maximum Gasteiger partial charge on any atom is 0.415 e. The number of fused-ring (bicyclic) bond motifs is 1. The van der Waals surface area contributed by atoms with E-state index in [9.17, 15) is 9.59 Å². The van der Waals surface area contributed by atoms with E-state index < -0.39 is 18.2 Å². The van der Waals surface area contributed by atoms with Crippen LogP contribution >= 0.6 is 0 Å². The number of carbonyl (C=O) groups is 2. The van der Waals surface area contributed by atoms with E-state index in [2.05, 4.69) is 9.84 Å². The lowest BCUT2D eigenvalue weighted by Gasteiger charge is -2.12. The first-order chi connectivity index (χ1) is 10.1. The second-order valence-corrected chi connectivity index (χ2v) is 4.71. The van der Waals surface area contributed by atoms with Gasteiger partial charge in [-0.05, 0) is 25.1 Å². The number of amides is 1. The van der Waals surface area contributed by atoms with Gasteiger partial charge >= 0.3 is 12.1 Å². The summed E-state index contributed by atoms with van der Waals surface area (Å²) in [5.74, 6) is -0.550. The van der Waals surface area contributed by atoms with Crippen LogP contribution in [0, 0.1) is 0 Å². The molecule has 0 radical (unpaired) electrons. The molecule has 1 saturated heterocycles. The number of hydrogen-bond donors (Lipinski definition) is 0. The Labute approximate surface area is 121 Å². The minimum Gasteiger partial charge on any atom is -0.466 e. The lowest BCUT2D eigenvalue weighted by Crippen LogP contribution is -2.28. The van der Waals surface area contributed by atoms with Gasteiger partial charge in [0.15, 0.2) is 0 Å². The first-order valence-corrected chi connectivity index (χ1v) is 6.65. The summed E-state index contributed by atoms with van der Waals surface area (Å²) in [7, 11) is 1.27. The molecule has 7 heteroatoms. The zero-order valence-corrected chi connectivity index (χ0v) is 11.8. The Hall–Kier alpha value is -2.57. The summed E-state index contributed by atoms with van der Waals surface area (Å²) < 4.78 is 11.5. The number of carbonyl (C=O) groups excluding carboxylic acids is 2. The van der Waals surface area contributed by atoms with Crippen molar-refractivity contribution in [2.24, 2.45) is 0 Å². The summed E-state index contributed by atoms with van der Waals surface area (Å²) in [5.41, 5.74) is 1.67. The van der Waals surface area contributed by atoms with Crippen LogP contribution in [0.4, 0.5) is 10.5 Å². The van der Waals surface area contributed by atoms with Gasteiger partial charge in [-0.2, -0.15) is 5.10 Å². The molecule has 1 amide bonds. The first-order valence-electron chi connectivity index (χ1n) is 6.65. The quantitative estimate of drug-likeness (QED) is 0.802. The zero-order valence-electron chi connectivity index (χ0n) is 11.8. The second-order valence-electron chi connectivity index (χ2n) is 4.71. The average molecular weight is 289 g/mol. The van der Waals surface area contributed by atoms with Crippen LogP contribution in [0.3, 0.4) is 0 Å². The molecule has 0 N–H and O–H groups in total. The smallest absolute Gasteiger partial charge is 0.415 e. The molecule has 0 unspecified atom stereocenters. The van der Waals surface area contributed by atoms with Crippen molar-refractivity contribution in [2.45, 2.75) is 19.6 Å². The van der Waals surface area contributed by atoms with Crippen molar-refractivity contribution in [3.63, 3.8) is 0 Å². The maximum atomic E-state index is 11.9. The van der Waals surface area contributed by atoms with Crippen LogP contribution in [-0.2, 0) is 20.8 Å². The van der Waals surface area contributed by atoms with Gasteiger partial charge in [0.05, 0.1) is 25.4 Å². The molecular formula is C14H15N3O4. The summed E-state index contributed by atoms with van der Waals surface area (Å²) in [6.07, 6.45) is 0.325. The number of rotatable bonds is 3. The molecule has 2 heterocycles. The second kappa shape index (κ2) is 5.08. The standard InChI is InChI=1S/C14H15N3O4/c1-3-17-11-5-4-10(6-9(11)7-15-17)16-8-12(13(18)20-2)21-14(16)19/h4-7,12H,3,8H2,1-2H3/t12-/m1/s1. The number of hydrogen-bond acceptors (Lipinski definition) is 5. The highest BCUT2D eigenvalue weighted by molar-refractivity contribution is 5.96. The largest absolute Gasteiger partial charge is 0.466 e. The minimum absolute atomic E-state index is 0.152. The van der Waals surface area contributed by atoms with Crippen molar-refractivity contribution in [1.82, 2.24) is 9.78 Å². The summed E-state index contributed by atoms with van der Waals surface area (Å²) in [6, 6.07) is 5.58. The minimum atomic E-state index is -0.878. The molecule has 0 spiro atoms. The van der Waals surface area contributed by atoms with Gasteiger partial charge in [0, 0.05) is 17.6 Å². The molecule has 2 aromatic rings. The fourth-order valence-electron chi connectivity index (χ4n) is 2.42. The van der Waals surface area contributed by atoms with Gasteiger partial charge in [-0.3, -0.25) is 9.58 Å². The Morgan fingerprint density at radius 1 is 1.52 bits per heavy atom. The molecule has 0 saturated carbocycles. The van der Waals surface area contributed by atoms with Crippen LogP contribution in [0.1, 0.15) is 6.92 Å². The Kier molecular flexibility index (Phi) is 3.25.